The molecule has 1 aliphatic heterocycles. The number of benzene rings is 2. The highest BCUT2D eigenvalue weighted by atomic mass is 16.5. The smallest absolute Gasteiger partial charge is 0.414 e. The topological polar surface area (TPSA) is 84.7 Å². The van der Waals surface area contributed by atoms with Gasteiger partial charge in [0.1, 0.15) is 5.82 Å². The van der Waals surface area contributed by atoms with Crippen molar-refractivity contribution in [2.24, 2.45) is 5.92 Å². The second-order valence-corrected chi connectivity index (χ2v) is 9.57. The van der Waals surface area contributed by atoms with Gasteiger partial charge in [0, 0.05) is 24.1 Å². The minimum atomic E-state index is -0.709. The summed E-state index contributed by atoms with van der Waals surface area (Å²) in [6.07, 6.45) is 5.19. The van der Waals surface area contributed by atoms with Gasteiger partial charge in [0.25, 0.3) is 0 Å². The number of carbonyl (C=O) groups is 2. The summed E-state index contributed by atoms with van der Waals surface area (Å²) in [6.45, 7) is 2.04. The van der Waals surface area contributed by atoms with Gasteiger partial charge in [-0.15, -0.1) is 0 Å². The molecular formula is C27H31N3O4. The van der Waals surface area contributed by atoms with Crippen molar-refractivity contribution < 1.29 is 19.4 Å². The van der Waals surface area contributed by atoms with E-state index in [1.807, 2.05) is 37.3 Å². The van der Waals surface area contributed by atoms with Gasteiger partial charge >= 0.3 is 12.1 Å². The van der Waals surface area contributed by atoms with Gasteiger partial charge in [-0.05, 0) is 56.7 Å². The number of nitrogens with zero attached hydrogens (tertiary/aromatic N) is 3. The van der Waals surface area contributed by atoms with Crippen LogP contribution in [0.25, 0.3) is 11.0 Å². The summed E-state index contributed by atoms with van der Waals surface area (Å²) >= 11 is 0. The van der Waals surface area contributed by atoms with Gasteiger partial charge in [-0.25, -0.2) is 9.78 Å². The molecule has 0 spiro atoms. The molecule has 1 aliphatic carbocycles. The third-order valence-corrected chi connectivity index (χ3v) is 7.46. The summed E-state index contributed by atoms with van der Waals surface area (Å²) in [5.41, 5.74) is 5.05. The molecule has 1 N–H and O–H groups in total. The first-order chi connectivity index (χ1) is 16.5. The lowest BCUT2D eigenvalue weighted by Gasteiger charge is -2.34. The van der Waals surface area contributed by atoms with E-state index in [0.29, 0.717) is 12.8 Å². The van der Waals surface area contributed by atoms with Gasteiger partial charge in [0.15, 0.2) is 0 Å². The van der Waals surface area contributed by atoms with E-state index in [-0.39, 0.29) is 24.1 Å². The Morgan fingerprint density at radius 2 is 1.91 bits per heavy atom. The lowest BCUT2D eigenvalue weighted by Crippen LogP contribution is -2.42. The average molecular weight is 462 g/mol. The van der Waals surface area contributed by atoms with Gasteiger partial charge in [-0.3, -0.25) is 9.69 Å². The highest BCUT2D eigenvalue weighted by Crippen LogP contribution is 2.40. The highest BCUT2D eigenvalue weighted by molar-refractivity contribution is 5.95. The predicted octanol–water partition coefficient (Wildman–Crippen LogP) is 5.35. The number of amides is 1. The number of aryl methyl sites for hydroxylation is 1. The van der Waals surface area contributed by atoms with Crippen molar-refractivity contribution in [1.82, 2.24) is 9.55 Å². The van der Waals surface area contributed by atoms with Gasteiger partial charge in [-0.1, -0.05) is 36.8 Å². The fourth-order valence-electron chi connectivity index (χ4n) is 5.76. The molecule has 0 radical (unpaired) electrons. The first-order valence-electron chi connectivity index (χ1n) is 12.1. The Hall–Kier alpha value is -3.35. The Bertz CT molecular complexity index is 1220. The van der Waals surface area contributed by atoms with Crippen LogP contribution in [0.1, 0.15) is 62.0 Å². The van der Waals surface area contributed by atoms with E-state index in [1.165, 1.54) is 12.7 Å². The second-order valence-electron chi connectivity index (χ2n) is 9.57. The van der Waals surface area contributed by atoms with Crippen LogP contribution in [0.15, 0.2) is 42.5 Å². The number of ether oxygens (including phenoxy) is 1. The number of methoxy groups -OCH3 is 1. The minimum Gasteiger partial charge on any atom is -0.481 e. The van der Waals surface area contributed by atoms with Gasteiger partial charge in [0.05, 0.1) is 29.7 Å². The van der Waals surface area contributed by atoms with E-state index >= 15 is 0 Å². The van der Waals surface area contributed by atoms with Crippen LogP contribution < -0.4 is 4.90 Å². The maximum Gasteiger partial charge on any atom is 0.414 e. The number of aromatic nitrogens is 2. The zero-order valence-corrected chi connectivity index (χ0v) is 19.7. The molecule has 7 heteroatoms. The van der Waals surface area contributed by atoms with Crippen molar-refractivity contribution in [2.75, 3.05) is 12.0 Å². The minimum absolute atomic E-state index is 0.0537. The van der Waals surface area contributed by atoms with Crippen LogP contribution in [0.2, 0.25) is 0 Å². The van der Waals surface area contributed by atoms with E-state index in [9.17, 15) is 14.7 Å². The van der Waals surface area contributed by atoms with E-state index in [4.69, 9.17) is 9.72 Å². The van der Waals surface area contributed by atoms with E-state index < -0.39 is 5.97 Å². The Labute approximate surface area is 199 Å². The fourth-order valence-corrected chi connectivity index (χ4v) is 5.76. The average Bonchev–Trinajstić information content (AvgIpc) is 3.22. The molecule has 0 bridgehead atoms. The molecule has 1 saturated carbocycles. The van der Waals surface area contributed by atoms with E-state index in [2.05, 4.69) is 16.7 Å². The highest BCUT2D eigenvalue weighted by Gasteiger charge is 2.34. The number of carbonyl (C=O) groups excluding carboxylic acids is 1. The SMILES string of the molecule is COC(=O)N1c2ccc3c(nc(Cc4ccccc4)n3C3CCC[C@H](C(=O)O)C3)c2CC[C@@H]1C. The standard InChI is InChI=1S/C27H31N3O4/c1-17-11-12-21-22(29(17)27(33)34-2)13-14-23-25(21)28-24(15-18-7-4-3-5-8-18)30(23)20-10-6-9-19(16-20)26(31)32/h3-5,7-8,13-14,17,19-20H,6,9-12,15-16H2,1-2H3,(H,31,32)/t17-,19-,20?/m0/s1. The number of fused-ring (bicyclic) bond motifs is 3. The summed E-state index contributed by atoms with van der Waals surface area (Å²) in [7, 11) is 1.41. The molecule has 34 heavy (non-hydrogen) atoms. The molecule has 0 saturated heterocycles. The Morgan fingerprint density at radius 3 is 2.65 bits per heavy atom. The number of imidazole rings is 1. The van der Waals surface area contributed by atoms with Crippen molar-refractivity contribution in [3.05, 3.63) is 59.4 Å². The first kappa shape index (κ1) is 22.4. The van der Waals surface area contributed by atoms with Crippen molar-refractivity contribution in [2.45, 2.75) is 64.0 Å². The molecule has 178 valence electrons. The zero-order valence-electron chi connectivity index (χ0n) is 19.7. The number of carboxylic acid groups (broad SMARTS) is 1. The third kappa shape index (κ3) is 3.93. The van der Waals surface area contributed by atoms with Crippen LogP contribution in [-0.2, 0) is 22.4 Å². The Kier molecular flexibility index (Phi) is 6.02. The quantitative estimate of drug-likeness (QED) is 0.566. The molecule has 2 heterocycles. The summed E-state index contributed by atoms with van der Waals surface area (Å²) in [5.74, 6) is -0.0817. The molecule has 1 aromatic heterocycles. The summed E-state index contributed by atoms with van der Waals surface area (Å²) in [5, 5.41) is 9.68. The van der Waals surface area contributed by atoms with Crippen LogP contribution in [-0.4, -0.2) is 39.9 Å². The number of hydrogen-bond donors (Lipinski definition) is 1. The van der Waals surface area contributed by atoms with Gasteiger partial charge < -0.3 is 14.4 Å². The molecule has 2 aromatic carbocycles. The van der Waals surface area contributed by atoms with Crippen LogP contribution in [0.5, 0.6) is 0 Å². The predicted molar refractivity (Wildman–Crippen MR) is 130 cm³/mol. The maximum absolute atomic E-state index is 12.6. The van der Waals surface area contributed by atoms with E-state index in [1.54, 1.807) is 4.90 Å². The summed E-state index contributed by atoms with van der Waals surface area (Å²) < 4.78 is 7.36. The maximum atomic E-state index is 12.6. The largest absolute Gasteiger partial charge is 0.481 e. The van der Waals surface area contributed by atoms with Gasteiger partial charge in [-0.2, -0.15) is 0 Å². The normalized spacial score (nSPS) is 22.4. The molecule has 3 aromatic rings. The first-order valence-corrected chi connectivity index (χ1v) is 12.1. The monoisotopic (exact) mass is 461 g/mol. The molecule has 2 aliphatic rings. The van der Waals surface area contributed by atoms with Crippen molar-refractivity contribution in [3.8, 4) is 0 Å². The number of carboxylic acids is 1. The number of aliphatic carboxylic acids is 1. The molecule has 5 rings (SSSR count). The molecule has 7 nitrogen and oxygen atoms in total. The molecule has 1 fully saturated rings. The van der Waals surface area contributed by atoms with Gasteiger partial charge in [0.2, 0.25) is 0 Å². The fraction of sp³-hybridized carbons (Fsp3) is 0.444. The Balaban J connectivity index is 1.65. The Morgan fingerprint density at radius 1 is 1.12 bits per heavy atom. The van der Waals surface area contributed by atoms with Crippen LogP contribution >= 0.6 is 0 Å². The third-order valence-electron chi connectivity index (χ3n) is 7.46. The van der Waals surface area contributed by atoms with Crippen LogP contribution in [0.4, 0.5) is 10.5 Å². The molecule has 1 amide bonds. The van der Waals surface area contributed by atoms with Crippen molar-refractivity contribution in [1.29, 1.82) is 0 Å². The van der Waals surface area contributed by atoms with Crippen molar-refractivity contribution >= 4 is 28.8 Å². The number of hydrogen-bond acceptors (Lipinski definition) is 4. The lowest BCUT2D eigenvalue weighted by atomic mass is 9.85. The van der Waals surface area contributed by atoms with E-state index in [0.717, 1.165) is 60.2 Å². The number of rotatable bonds is 4. The van der Waals surface area contributed by atoms with Crippen molar-refractivity contribution in [3.63, 3.8) is 0 Å². The van der Waals surface area contributed by atoms with Crippen LogP contribution in [0.3, 0.4) is 0 Å². The summed E-state index contributed by atoms with van der Waals surface area (Å²) in [6, 6.07) is 14.5. The number of anilines is 1. The lowest BCUT2D eigenvalue weighted by molar-refractivity contribution is -0.143. The second kappa shape index (κ2) is 9.12. The molecule has 1 unspecified atom stereocenters. The van der Waals surface area contributed by atoms with Crippen LogP contribution in [0, 0.1) is 5.92 Å². The molecule has 3 atom stereocenters. The summed E-state index contributed by atoms with van der Waals surface area (Å²) in [4.78, 5) is 31.2. The molecular weight excluding hydrogens is 430 g/mol. The zero-order chi connectivity index (χ0) is 23.8.